The Bertz CT molecular complexity index is 461. The average Bonchev–Trinajstić information content (AvgIpc) is 2.70. The monoisotopic (exact) mass is 311 g/mol. The lowest BCUT2D eigenvalue weighted by molar-refractivity contribution is 0.0697. The molecule has 1 heterocycles. The second-order valence-electron chi connectivity index (χ2n) is 4.86. The Balaban J connectivity index is 2.46. The number of nitrogens with zero attached hydrogens (tertiary/aromatic N) is 1. The molecule has 98 valence electrons. The molecule has 0 radical (unpaired) electrons. The summed E-state index contributed by atoms with van der Waals surface area (Å²) >= 11 is 3.34. The van der Waals surface area contributed by atoms with Gasteiger partial charge in [0.05, 0.1) is 11.3 Å². The Labute approximate surface area is 116 Å². The summed E-state index contributed by atoms with van der Waals surface area (Å²) in [6, 6.07) is 6.39. The summed E-state index contributed by atoms with van der Waals surface area (Å²) in [6.45, 7) is 4.33. The van der Waals surface area contributed by atoms with Gasteiger partial charge in [0, 0.05) is 16.6 Å². The van der Waals surface area contributed by atoms with Gasteiger partial charge in [0.2, 0.25) is 0 Å². The molecule has 1 fully saturated rings. The smallest absolute Gasteiger partial charge is 0.337 e. The number of carboxylic acids is 1. The molecule has 0 amide bonds. The highest BCUT2D eigenvalue weighted by Gasteiger charge is 2.31. The Morgan fingerprint density at radius 2 is 2.22 bits per heavy atom. The van der Waals surface area contributed by atoms with Gasteiger partial charge in [-0.15, -0.1) is 0 Å². The summed E-state index contributed by atoms with van der Waals surface area (Å²) in [5.74, 6) is -0.861. The van der Waals surface area contributed by atoms with Gasteiger partial charge >= 0.3 is 5.97 Å². The first-order chi connectivity index (χ1) is 8.54. The first-order valence-electron chi connectivity index (χ1n) is 6.35. The van der Waals surface area contributed by atoms with E-state index in [1.165, 1.54) is 0 Å². The lowest BCUT2D eigenvalue weighted by Crippen LogP contribution is -2.35. The van der Waals surface area contributed by atoms with Crippen molar-refractivity contribution in [3.05, 3.63) is 28.2 Å². The molecule has 0 spiro atoms. The van der Waals surface area contributed by atoms with Crippen molar-refractivity contribution in [3.8, 4) is 0 Å². The molecule has 2 rings (SSSR count). The number of aromatic carboxylic acids is 1. The summed E-state index contributed by atoms with van der Waals surface area (Å²) in [7, 11) is 0. The maximum absolute atomic E-state index is 11.4. The van der Waals surface area contributed by atoms with E-state index in [2.05, 4.69) is 34.7 Å². The van der Waals surface area contributed by atoms with Crippen molar-refractivity contribution in [1.29, 1.82) is 0 Å². The average molecular weight is 312 g/mol. The normalized spacial score (nSPS) is 23.4. The van der Waals surface area contributed by atoms with Crippen LogP contribution in [0.1, 0.15) is 43.5 Å². The molecular formula is C14H18BrNO2. The molecule has 0 bridgehead atoms. The molecule has 4 heteroatoms. The molecule has 18 heavy (non-hydrogen) atoms. The molecule has 1 aliphatic rings. The highest BCUT2D eigenvalue weighted by molar-refractivity contribution is 9.10. The molecule has 1 aliphatic heterocycles. The molecule has 1 aromatic carbocycles. The van der Waals surface area contributed by atoms with Crippen molar-refractivity contribution in [2.24, 2.45) is 0 Å². The molecule has 3 nitrogen and oxygen atoms in total. The third kappa shape index (κ3) is 2.39. The third-order valence-corrected chi connectivity index (χ3v) is 4.22. The van der Waals surface area contributed by atoms with Crippen LogP contribution in [-0.2, 0) is 0 Å². The fourth-order valence-corrected chi connectivity index (χ4v) is 3.17. The predicted octanol–water partition coefficient (Wildman–Crippen LogP) is 3.91. The van der Waals surface area contributed by atoms with Gasteiger partial charge < -0.3 is 10.0 Å². The number of hydrogen-bond donors (Lipinski definition) is 1. The van der Waals surface area contributed by atoms with Crippen LogP contribution in [0.25, 0.3) is 0 Å². The zero-order valence-corrected chi connectivity index (χ0v) is 12.3. The van der Waals surface area contributed by atoms with E-state index in [0.717, 1.165) is 29.4 Å². The zero-order valence-electron chi connectivity index (χ0n) is 10.7. The van der Waals surface area contributed by atoms with E-state index in [9.17, 15) is 9.90 Å². The zero-order chi connectivity index (χ0) is 13.3. The van der Waals surface area contributed by atoms with Crippen molar-refractivity contribution in [2.45, 2.75) is 45.2 Å². The second-order valence-corrected chi connectivity index (χ2v) is 5.78. The standard InChI is InChI=1S/C14H18BrNO2/c1-3-11-6-4-9(2)16(11)13-7-5-10(15)8-12(13)14(17)18/h5,7-9,11H,3-4,6H2,1-2H3,(H,17,18). The van der Waals surface area contributed by atoms with E-state index in [4.69, 9.17) is 0 Å². The third-order valence-electron chi connectivity index (χ3n) is 3.72. The van der Waals surface area contributed by atoms with Crippen LogP contribution >= 0.6 is 15.9 Å². The van der Waals surface area contributed by atoms with Crippen LogP contribution in [0.4, 0.5) is 5.69 Å². The molecule has 0 saturated carbocycles. The van der Waals surface area contributed by atoms with Gasteiger partial charge in [-0.3, -0.25) is 0 Å². The Morgan fingerprint density at radius 1 is 1.50 bits per heavy atom. The minimum Gasteiger partial charge on any atom is -0.478 e. The summed E-state index contributed by atoms with van der Waals surface area (Å²) < 4.78 is 0.809. The highest BCUT2D eigenvalue weighted by Crippen LogP contribution is 2.35. The number of anilines is 1. The molecule has 0 aliphatic carbocycles. The predicted molar refractivity (Wildman–Crippen MR) is 76.4 cm³/mol. The van der Waals surface area contributed by atoms with Gasteiger partial charge in [-0.1, -0.05) is 22.9 Å². The second kappa shape index (κ2) is 5.31. The molecule has 1 saturated heterocycles. The largest absolute Gasteiger partial charge is 0.478 e. The summed E-state index contributed by atoms with van der Waals surface area (Å²) in [6.07, 6.45) is 3.33. The van der Waals surface area contributed by atoms with Gasteiger partial charge in [-0.05, 0) is 44.4 Å². The van der Waals surface area contributed by atoms with Crippen LogP contribution in [0.5, 0.6) is 0 Å². The van der Waals surface area contributed by atoms with E-state index < -0.39 is 5.97 Å². The fourth-order valence-electron chi connectivity index (χ4n) is 2.81. The maximum Gasteiger partial charge on any atom is 0.337 e. The van der Waals surface area contributed by atoms with Gasteiger partial charge in [-0.25, -0.2) is 4.79 Å². The molecule has 1 N–H and O–H groups in total. The number of hydrogen-bond acceptors (Lipinski definition) is 2. The van der Waals surface area contributed by atoms with E-state index in [-0.39, 0.29) is 0 Å². The lowest BCUT2D eigenvalue weighted by Gasteiger charge is -2.31. The summed E-state index contributed by atoms with van der Waals surface area (Å²) in [4.78, 5) is 13.7. The molecular weight excluding hydrogens is 294 g/mol. The van der Waals surface area contributed by atoms with Crippen LogP contribution in [0.2, 0.25) is 0 Å². The van der Waals surface area contributed by atoms with E-state index >= 15 is 0 Å². The minimum atomic E-state index is -0.861. The number of carbonyl (C=O) groups is 1. The molecule has 2 atom stereocenters. The summed E-state index contributed by atoms with van der Waals surface area (Å²) in [5, 5.41) is 9.35. The van der Waals surface area contributed by atoms with Crippen LogP contribution < -0.4 is 4.90 Å². The van der Waals surface area contributed by atoms with Crippen molar-refractivity contribution >= 4 is 27.6 Å². The van der Waals surface area contributed by atoms with Crippen molar-refractivity contribution < 1.29 is 9.90 Å². The number of halogens is 1. The topological polar surface area (TPSA) is 40.5 Å². The first-order valence-corrected chi connectivity index (χ1v) is 7.15. The maximum atomic E-state index is 11.4. The van der Waals surface area contributed by atoms with E-state index in [1.54, 1.807) is 6.07 Å². The van der Waals surface area contributed by atoms with Gasteiger partial charge in [0.25, 0.3) is 0 Å². The lowest BCUT2D eigenvalue weighted by atomic mass is 10.1. The number of benzene rings is 1. The first kappa shape index (κ1) is 13.4. The quantitative estimate of drug-likeness (QED) is 0.920. The van der Waals surface area contributed by atoms with Gasteiger partial charge in [0.1, 0.15) is 0 Å². The Hall–Kier alpha value is -1.03. The van der Waals surface area contributed by atoms with E-state index in [1.807, 2.05) is 12.1 Å². The fraction of sp³-hybridized carbons (Fsp3) is 0.500. The van der Waals surface area contributed by atoms with Crippen LogP contribution in [0.3, 0.4) is 0 Å². The van der Waals surface area contributed by atoms with Crippen LogP contribution in [-0.4, -0.2) is 23.2 Å². The minimum absolute atomic E-state index is 0.386. The summed E-state index contributed by atoms with van der Waals surface area (Å²) in [5.41, 5.74) is 1.24. The van der Waals surface area contributed by atoms with Crippen LogP contribution in [0, 0.1) is 0 Å². The molecule has 1 aromatic rings. The van der Waals surface area contributed by atoms with Crippen molar-refractivity contribution in [3.63, 3.8) is 0 Å². The highest BCUT2D eigenvalue weighted by atomic mass is 79.9. The molecule has 2 unspecified atom stereocenters. The van der Waals surface area contributed by atoms with E-state index in [0.29, 0.717) is 17.6 Å². The van der Waals surface area contributed by atoms with Gasteiger partial charge in [-0.2, -0.15) is 0 Å². The Kier molecular flexibility index (Phi) is 3.95. The van der Waals surface area contributed by atoms with Crippen molar-refractivity contribution in [2.75, 3.05) is 4.90 Å². The number of carboxylic acid groups (broad SMARTS) is 1. The molecule has 0 aromatic heterocycles. The SMILES string of the molecule is CCC1CCC(C)N1c1ccc(Br)cc1C(=O)O. The van der Waals surface area contributed by atoms with Crippen LogP contribution in [0.15, 0.2) is 22.7 Å². The number of rotatable bonds is 3. The Morgan fingerprint density at radius 3 is 2.83 bits per heavy atom. The van der Waals surface area contributed by atoms with Gasteiger partial charge in [0.15, 0.2) is 0 Å². The van der Waals surface area contributed by atoms with Crippen molar-refractivity contribution in [1.82, 2.24) is 0 Å².